The fraction of sp³-hybridized carbons (Fsp3) is 0.457. The smallest absolute Gasteiger partial charge is 0.263 e. The van der Waals surface area contributed by atoms with Gasteiger partial charge in [0.2, 0.25) is 0 Å². The van der Waals surface area contributed by atoms with Gasteiger partial charge in [0.15, 0.2) is 11.5 Å². The molecule has 1 heterocycles. The van der Waals surface area contributed by atoms with Gasteiger partial charge in [-0.2, -0.15) is 0 Å². The molecule has 4 rings (SSSR count). The van der Waals surface area contributed by atoms with Crippen LogP contribution in [0.25, 0.3) is 0 Å². The van der Waals surface area contributed by atoms with Gasteiger partial charge in [-0.25, -0.2) is 0 Å². The molecule has 1 aliphatic heterocycles. The number of anilines is 4. The molecular weight excluding hydrogens is 510 g/mol. The first kappa shape index (κ1) is 30.3. The summed E-state index contributed by atoms with van der Waals surface area (Å²) >= 11 is 0. The number of nitrogens with zero attached hydrogens (tertiary/aromatic N) is 3. The van der Waals surface area contributed by atoms with Crippen molar-refractivity contribution in [2.75, 3.05) is 40.9 Å². The highest BCUT2D eigenvalue weighted by atomic mass is 16.5. The Labute approximate surface area is 246 Å². The van der Waals surface area contributed by atoms with Crippen molar-refractivity contribution in [3.05, 3.63) is 65.2 Å². The summed E-state index contributed by atoms with van der Waals surface area (Å²) < 4.78 is 6.54. The molecule has 6 heteroatoms. The first-order chi connectivity index (χ1) is 19.2. The maximum Gasteiger partial charge on any atom is 0.263 e. The van der Waals surface area contributed by atoms with Crippen LogP contribution in [-0.4, -0.2) is 37.2 Å². The highest BCUT2D eigenvalue weighted by molar-refractivity contribution is 6.13. The molecule has 1 amide bonds. The number of phenols is 1. The van der Waals surface area contributed by atoms with Gasteiger partial charge in [-0.15, -0.1) is 0 Å². The molecule has 0 unspecified atom stereocenters. The molecule has 1 N–H and O–H groups in total. The van der Waals surface area contributed by atoms with Crippen LogP contribution in [0.3, 0.4) is 0 Å². The molecule has 3 aromatic rings. The number of hydrogen-bond donors (Lipinski definition) is 1. The Morgan fingerprint density at radius 2 is 1.10 bits per heavy atom. The number of carbonyl (C=O) groups excluding carboxylic acids is 1. The van der Waals surface area contributed by atoms with E-state index in [1.807, 2.05) is 36.4 Å². The van der Waals surface area contributed by atoms with Crippen LogP contribution >= 0.6 is 0 Å². The zero-order valence-electron chi connectivity index (χ0n) is 26.6. The average molecular weight is 558 g/mol. The summed E-state index contributed by atoms with van der Waals surface area (Å²) in [6, 6.07) is 15.9. The van der Waals surface area contributed by atoms with Crippen LogP contribution in [0.15, 0.2) is 48.5 Å². The largest absolute Gasteiger partial charge is 0.507 e. The van der Waals surface area contributed by atoms with Gasteiger partial charge in [-0.05, 0) is 74.9 Å². The van der Waals surface area contributed by atoms with Gasteiger partial charge in [0, 0.05) is 66.4 Å². The first-order valence-corrected chi connectivity index (χ1v) is 14.9. The van der Waals surface area contributed by atoms with Gasteiger partial charge >= 0.3 is 0 Å². The third-order valence-electron chi connectivity index (χ3n) is 8.02. The molecule has 0 bridgehead atoms. The second kappa shape index (κ2) is 11.3. The topological polar surface area (TPSA) is 56.2 Å². The van der Waals surface area contributed by atoms with E-state index >= 15 is 0 Å². The van der Waals surface area contributed by atoms with Crippen molar-refractivity contribution in [3.8, 4) is 17.2 Å². The van der Waals surface area contributed by atoms with Crippen molar-refractivity contribution in [3.63, 3.8) is 0 Å². The maximum atomic E-state index is 14.6. The molecule has 0 aromatic heterocycles. The molecule has 0 spiro atoms. The summed E-state index contributed by atoms with van der Waals surface area (Å²) in [4.78, 5) is 20.9. The Hall–Kier alpha value is -3.67. The first-order valence-electron chi connectivity index (χ1n) is 14.9. The third-order valence-corrected chi connectivity index (χ3v) is 8.02. The number of ether oxygens (including phenoxy) is 1. The SMILES string of the molecule is CCN(CC)c1ccc2c(c1)Oc1cc(N(CC)CC)ccc1N2C(=O)c1cc(C(C)(C)C)c(O)c(C(C)(C)C)c1. The van der Waals surface area contributed by atoms with Crippen LogP contribution in [0.1, 0.15) is 90.7 Å². The molecule has 0 atom stereocenters. The Morgan fingerprint density at radius 3 is 1.44 bits per heavy atom. The highest BCUT2D eigenvalue weighted by Crippen LogP contribution is 2.50. The molecule has 0 radical (unpaired) electrons. The standard InChI is InChI=1S/C35H47N3O3/c1-11-36(12-2)24-15-17-28-30(21-24)41-31-22-25(37(13-3)14-4)16-18-29(31)38(28)33(40)23-19-26(34(5,6)7)32(39)27(20-23)35(8,9)10/h15-22,39H,11-14H2,1-10H3. The van der Waals surface area contributed by atoms with E-state index in [9.17, 15) is 9.90 Å². The monoisotopic (exact) mass is 557 g/mol. The van der Waals surface area contributed by atoms with E-state index in [4.69, 9.17) is 4.74 Å². The lowest BCUT2D eigenvalue weighted by Crippen LogP contribution is -2.30. The molecular formula is C35H47N3O3. The number of fused-ring (bicyclic) bond motifs is 2. The van der Waals surface area contributed by atoms with Gasteiger partial charge in [0.05, 0.1) is 11.4 Å². The van der Waals surface area contributed by atoms with Crippen molar-refractivity contribution >= 4 is 28.7 Å². The van der Waals surface area contributed by atoms with E-state index in [0.29, 0.717) is 28.4 Å². The van der Waals surface area contributed by atoms with Gasteiger partial charge in [-0.3, -0.25) is 9.69 Å². The molecule has 0 fully saturated rings. The summed E-state index contributed by atoms with van der Waals surface area (Å²) in [6.07, 6.45) is 0. The molecule has 41 heavy (non-hydrogen) atoms. The summed E-state index contributed by atoms with van der Waals surface area (Å²) in [6.45, 7) is 24.4. The molecule has 0 aliphatic carbocycles. The predicted molar refractivity (Wildman–Crippen MR) is 172 cm³/mol. The van der Waals surface area contributed by atoms with Crippen LogP contribution in [0, 0.1) is 0 Å². The zero-order chi connectivity index (χ0) is 30.3. The minimum Gasteiger partial charge on any atom is -0.507 e. The molecule has 220 valence electrons. The normalized spacial score (nSPS) is 12.9. The Morgan fingerprint density at radius 1 is 0.707 bits per heavy atom. The number of carbonyl (C=O) groups is 1. The van der Waals surface area contributed by atoms with E-state index in [1.165, 1.54) is 0 Å². The van der Waals surface area contributed by atoms with Gasteiger partial charge in [0.1, 0.15) is 5.75 Å². The minimum absolute atomic E-state index is 0.155. The summed E-state index contributed by atoms with van der Waals surface area (Å²) in [5, 5.41) is 11.3. The van der Waals surface area contributed by atoms with Crippen LogP contribution in [0.2, 0.25) is 0 Å². The van der Waals surface area contributed by atoms with Crippen LogP contribution in [-0.2, 0) is 10.8 Å². The maximum absolute atomic E-state index is 14.6. The lowest BCUT2D eigenvalue weighted by atomic mass is 9.78. The number of aromatic hydroxyl groups is 1. The van der Waals surface area contributed by atoms with Crippen molar-refractivity contribution < 1.29 is 14.6 Å². The quantitative estimate of drug-likeness (QED) is 0.315. The number of phenolic OH excluding ortho intramolecular Hbond substituents is 1. The highest BCUT2D eigenvalue weighted by Gasteiger charge is 2.34. The second-order valence-electron chi connectivity index (χ2n) is 12.8. The number of hydrogen-bond acceptors (Lipinski definition) is 5. The molecule has 6 nitrogen and oxygen atoms in total. The lowest BCUT2D eigenvalue weighted by Gasteiger charge is -2.34. The summed E-state index contributed by atoms with van der Waals surface area (Å²) in [7, 11) is 0. The van der Waals surface area contributed by atoms with E-state index in [1.54, 1.807) is 4.90 Å². The summed E-state index contributed by atoms with van der Waals surface area (Å²) in [5.41, 5.74) is 4.88. The van der Waals surface area contributed by atoms with Crippen LogP contribution in [0.5, 0.6) is 17.2 Å². The van der Waals surface area contributed by atoms with E-state index in [0.717, 1.165) is 48.7 Å². The predicted octanol–water partition coefficient (Wildman–Crippen LogP) is 8.76. The van der Waals surface area contributed by atoms with Gasteiger partial charge in [-0.1, -0.05) is 41.5 Å². The van der Waals surface area contributed by atoms with E-state index in [-0.39, 0.29) is 22.5 Å². The minimum atomic E-state index is -0.349. The van der Waals surface area contributed by atoms with E-state index < -0.39 is 0 Å². The fourth-order valence-corrected chi connectivity index (χ4v) is 5.61. The summed E-state index contributed by atoms with van der Waals surface area (Å²) in [5.74, 6) is 1.41. The van der Waals surface area contributed by atoms with Crippen molar-refractivity contribution in [1.82, 2.24) is 0 Å². The number of amides is 1. The third kappa shape index (κ3) is 5.74. The Kier molecular flexibility index (Phi) is 8.35. The average Bonchev–Trinajstić information content (AvgIpc) is 2.91. The zero-order valence-corrected chi connectivity index (χ0v) is 26.6. The van der Waals surface area contributed by atoms with Gasteiger partial charge < -0.3 is 19.6 Å². The molecule has 0 saturated heterocycles. The van der Waals surface area contributed by atoms with E-state index in [2.05, 4.69) is 91.2 Å². The van der Waals surface area contributed by atoms with Gasteiger partial charge in [0.25, 0.3) is 5.91 Å². The van der Waals surface area contributed by atoms with Crippen LogP contribution < -0.4 is 19.4 Å². The lowest BCUT2D eigenvalue weighted by molar-refractivity contribution is 0.0997. The molecule has 3 aromatic carbocycles. The van der Waals surface area contributed by atoms with Crippen molar-refractivity contribution in [1.29, 1.82) is 0 Å². The van der Waals surface area contributed by atoms with Crippen LogP contribution in [0.4, 0.5) is 22.7 Å². The number of benzene rings is 3. The van der Waals surface area contributed by atoms with Crippen molar-refractivity contribution in [2.24, 2.45) is 0 Å². The molecule has 1 aliphatic rings. The van der Waals surface area contributed by atoms with Crippen molar-refractivity contribution in [2.45, 2.75) is 80.1 Å². The second-order valence-corrected chi connectivity index (χ2v) is 12.8. The Balaban J connectivity index is 1.95. The Bertz CT molecular complexity index is 1330. The number of rotatable bonds is 7. The molecule has 0 saturated carbocycles. The fourth-order valence-electron chi connectivity index (χ4n) is 5.61.